The first-order chi connectivity index (χ1) is 10.3. The van der Waals surface area contributed by atoms with Gasteiger partial charge >= 0.3 is 0 Å². The highest BCUT2D eigenvalue weighted by Gasteiger charge is 2.14. The molecule has 1 N–H and O–H groups in total. The normalized spacial score (nSPS) is 11.1. The molecule has 102 valence electrons. The second kappa shape index (κ2) is 4.48. The van der Waals surface area contributed by atoms with Crippen molar-refractivity contribution in [3.63, 3.8) is 0 Å². The highest BCUT2D eigenvalue weighted by atomic mass is 15.3. The molecule has 0 aromatic carbocycles. The summed E-state index contributed by atoms with van der Waals surface area (Å²) in [5.41, 5.74) is 4.32. The van der Waals surface area contributed by atoms with Gasteiger partial charge in [0.05, 0.1) is 17.6 Å². The molecular formula is C14H11N7. The number of hydrogen-bond acceptors (Lipinski definition) is 5. The quantitative estimate of drug-likeness (QED) is 0.604. The SMILES string of the molecule is Cc1nccc(-c2[nH]ncc2-c2cccn3ncnc23)n1. The van der Waals surface area contributed by atoms with Crippen LogP contribution in [0.2, 0.25) is 0 Å². The van der Waals surface area contributed by atoms with Gasteiger partial charge in [-0.15, -0.1) is 0 Å². The lowest BCUT2D eigenvalue weighted by Gasteiger charge is -2.04. The molecule has 0 bridgehead atoms. The van der Waals surface area contributed by atoms with Gasteiger partial charge in [0.2, 0.25) is 0 Å². The van der Waals surface area contributed by atoms with Crippen LogP contribution in [0.25, 0.3) is 28.2 Å². The Morgan fingerprint density at radius 2 is 2.10 bits per heavy atom. The molecule has 21 heavy (non-hydrogen) atoms. The van der Waals surface area contributed by atoms with E-state index in [0.29, 0.717) is 5.82 Å². The van der Waals surface area contributed by atoms with E-state index < -0.39 is 0 Å². The first-order valence-electron chi connectivity index (χ1n) is 6.45. The number of hydrogen-bond donors (Lipinski definition) is 1. The van der Waals surface area contributed by atoms with Gasteiger partial charge in [-0.1, -0.05) is 0 Å². The van der Waals surface area contributed by atoms with E-state index >= 15 is 0 Å². The predicted octanol–water partition coefficient (Wildman–Crippen LogP) is 1.88. The molecule has 7 heteroatoms. The van der Waals surface area contributed by atoms with Crippen molar-refractivity contribution < 1.29 is 0 Å². The number of aromatic amines is 1. The van der Waals surface area contributed by atoms with Crippen LogP contribution < -0.4 is 0 Å². The zero-order valence-electron chi connectivity index (χ0n) is 11.2. The third-order valence-electron chi connectivity index (χ3n) is 3.27. The third kappa shape index (κ3) is 1.86. The lowest BCUT2D eigenvalue weighted by Crippen LogP contribution is -1.93. The molecule has 0 aliphatic carbocycles. The predicted molar refractivity (Wildman–Crippen MR) is 76.3 cm³/mol. The summed E-state index contributed by atoms with van der Waals surface area (Å²) in [6.45, 7) is 1.86. The highest BCUT2D eigenvalue weighted by molar-refractivity contribution is 5.85. The third-order valence-corrected chi connectivity index (χ3v) is 3.27. The topological polar surface area (TPSA) is 84.7 Å². The second-order valence-electron chi connectivity index (χ2n) is 4.60. The van der Waals surface area contributed by atoms with Gasteiger partial charge in [-0.05, 0) is 25.1 Å². The number of nitrogens with one attached hydrogen (secondary N) is 1. The van der Waals surface area contributed by atoms with Gasteiger partial charge in [0.15, 0.2) is 5.65 Å². The van der Waals surface area contributed by atoms with Gasteiger partial charge in [0.25, 0.3) is 0 Å². The molecule has 0 spiro atoms. The highest BCUT2D eigenvalue weighted by Crippen LogP contribution is 2.30. The van der Waals surface area contributed by atoms with Crippen LogP contribution in [0.1, 0.15) is 5.82 Å². The summed E-state index contributed by atoms with van der Waals surface area (Å²) < 4.78 is 1.73. The number of H-pyrrole nitrogens is 1. The van der Waals surface area contributed by atoms with E-state index in [1.807, 2.05) is 31.3 Å². The van der Waals surface area contributed by atoms with Crippen LogP contribution >= 0.6 is 0 Å². The van der Waals surface area contributed by atoms with Crippen molar-refractivity contribution in [2.24, 2.45) is 0 Å². The monoisotopic (exact) mass is 277 g/mol. The van der Waals surface area contributed by atoms with Crippen LogP contribution in [0.3, 0.4) is 0 Å². The molecule has 0 radical (unpaired) electrons. The first kappa shape index (κ1) is 11.7. The summed E-state index contributed by atoms with van der Waals surface area (Å²) in [6.07, 6.45) is 6.91. The minimum Gasteiger partial charge on any atom is -0.276 e. The van der Waals surface area contributed by atoms with Gasteiger partial charge in [0, 0.05) is 23.5 Å². The Balaban J connectivity index is 1.95. The van der Waals surface area contributed by atoms with E-state index in [1.165, 1.54) is 6.33 Å². The van der Waals surface area contributed by atoms with Crippen molar-refractivity contribution in [3.8, 4) is 22.5 Å². The molecule has 4 aromatic rings. The maximum absolute atomic E-state index is 4.44. The Hall–Kier alpha value is -3.09. The zero-order valence-corrected chi connectivity index (χ0v) is 11.2. The Morgan fingerprint density at radius 1 is 1.14 bits per heavy atom. The van der Waals surface area contributed by atoms with E-state index in [9.17, 15) is 0 Å². The standard InChI is InChI=1S/C14H11N7/c1-9-15-5-4-12(19-9)13-11(7-17-20-13)10-3-2-6-21-14(10)16-8-18-21/h2-8H,1H3,(H,17,20). The van der Waals surface area contributed by atoms with Crippen molar-refractivity contribution in [1.82, 2.24) is 34.8 Å². The Bertz CT molecular complexity index is 922. The van der Waals surface area contributed by atoms with Gasteiger partial charge in [0.1, 0.15) is 12.2 Å². The Kier molecular flexibility index (Phi) is 2.50. The molecule has 0 fully saturated rings. The summed E-state index contributed by atoms with van der Waals surface area (Å²) in [6, 6.07) is 5.78. The molecular weight excluding hydrogens is 266 g/mol. The minimum absolute atomic E-state index is 0.716. The molecule has 4 rings (SSSR count). The fourth-order valence-electron chi connectivity index (χ4n) is 2.34. The molecule has 0 amide bonds. The average molecular weight is 277 g/mol. The van der Waals surface area contributed by atoms with Gasteiger partial charge < -0.3 is 0 Å². The van der Waals surface area contributed by atoms with E-state index in [0.717, 1.165) is 28.2 Å². The molecule has 0 saturated carbocycles. The summed E-state index contributed by atoms with van der Waals surface area (Å²) >= 11 is 0. The fourth-order valence-corrected chi connectivity index (χ4v) is 2.34. The van der Waals surface area contributed by atoms with Crippen molar-refractivity contribution in [2.45, 2.75) is 6.92 Å². The minimum atomic E-state index is 0.716. The molecule has 0 atom stereocenters. The van der Waals surface area contributed by atoms with Crippen LogP contribution in [-0.4, -0.2) is 34.8 Å². The largest absolute Gasteiger partial charge is 0.276 e. The zero-order chi connectivity index (χ0) is 14.2. The summed E-state index contributed by atoms with van der Waals surface area (Å²) in [4.78, 5) is 12.9. The second-order valence-corrected chi connectivity index (χ2v) is 4.60. The van der Waals surface area contributed by atoms with Crippen LogP contribution in [-0.2, 0) is 0 Å². The first-order valence-corrected chi connectivity index (χ1v) is 6.45. The number of pyridine rings is 1. The lowest BCUT2D eigenvalue weighted by atomic mass is 10.1. The van der Waals surface area contributed by atoms with Crippen molar-refractivity contribution in [3.05, 3.63) is 48.9 Å². The van der Waals surface area contributed by atoms with Gasteiger partial charge in [-0.25, -0.2) is 19.5 Å². The van der Waals surface area contributed by atoms with Crippen LogP contribution in [0.15, 0.2) is 43.1 Å². The van der Waals surface area contributed by atoms with Gasteiger partial charge in [-0.2, -0.15) is 10.2 Å². The van der Waals surface area contributed by atoms with Crippen molar-refractivity contribution in [2.75, 3.05) is 0 Å². The van der Waals surface area contributed by atoms with E-state index in [1.54, 1.807) is 16.9 Å². The average Bonchev–Trinajstić information content (AvgIpc) is 3.16. The molecule has 0 saturated heterocycles. The van der Waals surface area contributed by atoms with E-state index in [2.05, 4.69) is 30.2 Å². The van der Waals surface area contributed by atoms with Crippen LogP contribution in [0.4, 0.5) is 0 Å². The molecule has 0 aliphatic heterocycles. The number of nitrogens with zero attached hydrogens (tertiary/aromatic N) is 6. The van der Waals surface area contributed by atoms with E-state index in [4.69, 9.17) is 0 Å². The Morgan fingerprint density at radius 3 is 3.00 bits per heavy atom. The number of aromatic nitrogens is 7. The van der Waals surface area contributed by atoms with Crippen LogP contribution in [0.5, 0.6) is 0 Å². The summed E-state index contributed by atoms with van der Waals surface area (Å²) in [7, 11) is 0. The smallest absolute Gasteiger partial charge is 0.163 e. The van der Waals surface area contributed by atoms with Crippen molar-refractivity contribution in [1.29, 1.82) is 0 Å². The maximum atomic E-state index is 4.44. The summed E-state index contributed by atoms with van der Waals surface area (Å²) in [5, 5.41) is 11.3. The number of aryl methyl sites for hydroxylation is 1. The van der Waals surface area contributed by atoms with Crippen LogP contribution in [0, 0.1) is 6.92 Å². The Labute approximate surface area is 119 Å². The number of fused-ring (bicyclic) bond motifs is 1. The maximum Gasteiger partial charge on any atom is 0.163 e. The summed E-state index contributed by atoms with van der Waals surface area (Å²) in [5.74, 6) is 0.716. The number of rotatable bonds is 2. The molecule has 0 aliphatic rings. The van der Waals surface area contributed by atoms with E-state index in [-0.39, 0.29) is 0 Å². The lowest BCUT2D eigenvalue weighted by molar-refractivity contribution is 0.962. The molecule has 0 unspecified atom stereocenters. The molecule has 4 aromatic heterocycles. The molecule has 4 heterocycles. The fraction of sp³-hybridized carbons (Fsp3) is 0.0714. The molecule has 7 nitrogen and oxygen atoms in total. The van der Waals surface area contributed by atoms with Crippen molar-refractivity contribution >= 4 is 5.65 Å². The van der Waals surface area contributed by atoms with Gasteiger partial charge in [-0.3, -0.25) is 5.10 Å².